The molecule has 2 atom stereocenters. The normalized spacial score (nSPS) is 13.3. The van der Waals surface area contributed by atoms with Gasteiger partial charge >= 0.3 is 0 Å². The number of hydrogen-bond acceptors (Lipinski definition) is 3. The fraction of sp³-hybridized carbons (Fsp3) is 0.759. The van der Waals surface area contributed by atoms with Crippen molar-refractivity contribution in [3.05, 3.63) is 109 Å². The lowest BCUT2D eigenvalue weighted by Gasteiger charge is -2.20. The first-order chi connectivity index (χ1) is 41.2. The van der Waals surface area contributed by atoms with E-state index in [-0.39, 0.29) is 12.5 Å². The van der Waals surface area contributed by atoms with Gasteiger partial charge in [-0.15, -0.1) is 0 Å². The third kappa shape index (κ3) is 69.7. The maximum absolute atomic E-state index is 12.6. The zero-order valence-electron chi connectivity index (χ0n) is 55.4. The molecule has 0 bridgehead atoms. The Morgan fingerprint density at radius 2 is 0.530 bits per heavy atom. The number of carbonyl (C=O) groups excluding carboxylic acids is 1. The maximum atomic E-state index is 12.6. The minimum absolute atomic E-state index is 0.0616. The standard InChI is InChI=1S/C79H141NO3/c1-3-5-7-9-11-13-15-17-19-21-23-25-27-29-31-33-35-36-37-38-39-40-41-42-43-44-45-47-49-51-53-55-57-59-61-63-65-67-69-71-73-75-79(83)80-77(76-81)78(82)74-72-70-68-66-64-62-60-58-56-54-52-50-48-46-34-32-30-28-26-24-22-20-18-16-14-12-10-8-6-4-2/h5,7,11,13,17,19,23,25,29,31,35-36,38-39,41-42,72,74,77-78,81-82H,3-4,6,8-10,12,14-16,18,20-22,24,26-28,30,32-34,37,40,43-71,73,75-76H2,1-2H3,(H,80,83)/b7-5-,13-11-,19-17-,25-23-,31-29-,36-35-,39-38-,42-41-,74-72+. The summed E-state index contributed by atoms with van der Waals surface area (Å²) in [5.74, 6) is -0.0616. The summed E-state index contributed by atoms with van der Waals surface area (Å²) in [5, 5.41) is 23.3. The molecule has 0 heterocycles. The van der Waals surface area contributed by atoms with Crippen LogP contribution in [-0.4, -0.2) is 34.9 Å². The van der Waals surface area contributed by atoms with E-state index in [1.54, 1.807) is 6.08 Å². The molecule has 0 aromatic carbocycles. The van der Waals surface area contributed by atoms with Crippen LogP contribution in [0.5, 0.6) is 0 Å². The van der Waals surface area contributed by atoms with Crippen molar-refractivity contribution in [2.75, 3.05) is 6.61 Å². The minimum atomic E-state index is -0.846. The van der Waals surface area contributed by atoms with E-state index in [0.29, 0.717) is 6.42 Å². The van der Waals surface area contributed by atoms with E-state index in [1.807, 2.05) is 6.08 Å². The smallest absolute Gasteiger partial charge is 0.220 e. The number of aliphatic hydroxyl groups is 2. The molecule has 480 valence electrons. The SMILES string of the molecule is CC/C=C\C/C=C\C/C=C\C/C=C\C/C=C\C/C=C\C/C=C\C/C=C\CCCCCCCCCCCCCCCCCCC(=O)NC(CO)C(O)/C=C/CCCCCCCCCCCCCCCCCCCCCCCCCCCCCC. The molecular formula is C79H141NO3. The summed E-state index contributed by atoms with van der Waals surface area (Å²) in [6.45, 7) is 4.23. The van der Waals surface area contributed by atoms with Crippen LogP contribution in [-0.2, 0) is 4.79 Å². The molecule has 0 rings (SSSR count). The highest BCUT2D eigenvalue weighted by Crippen LogP contribution is 2.18. The molecule has 0 spiro atoms. The molecule has 0 saturated carbocycles. The van der Waals surface area contributed by atoms with Gasteiger partial charge in [-0.1, -0.05) is 386 Å². The number of carbonyl (C=O) groups is 1. The van der Waals surface area contributed by atoms with Crippen molar-refractivity contribution in [2.24, 2.45) is 0 Å². The van der Waals surface area contributed by atoms with Crippen LogP contribution in [0.1, 0.15) is 367 Å². The second kappa shape index (κ2) is 73.3. The van der Waals surface area contributed by atoms with E-state index in [4.69, 9.17) is 0 Å². The minimum Gasteiger partial charge on any atom is -0.394 e. The van der Waals surface area contributed by atoms with Gasteiger partial charge < -0.3 is 15.5 Å². The van der Waals surface area contributed by atoms with Crippen LogP contribution in [0.15, 0.2) is 109 Å². The number of hydrogen-bond donors (Lipinski definition) is 3. The van der Waals surface area contributed by atoms with Crippen molar-refractivity contribution >= 4 is 5.91 Å². The van der Waals surface area contributed by atoms with Gasteiger partial charge in [0.1, 0.15) is 0 Å². The lowest BCUT2D eigenvalue weighted by molar-refractivity contribution is -0.123. The maximum Gasteiger partial charge on any atom is 0.220 e. The van der Waals surface area contributed by atoms with Gasteiger partial charge in [0, 0.05) is 6.42 Å². The Labute approximate surface area is 518 Å². The monoisotopic (exact) mass is 1150 g/mol. The van der Waals surface area contributed by atoms with E-state index in [2.05, 4.69) is 116 Å². The Hall–Kier alpha value is -2.95. The second-order valence-electron chi connectivity index (χ2n) is 24.6. The van der Waals surface area contributed by atoms with Crippen molar-refractivity contribution in [2.45, 2.75) is 379 Å². The second-order valence-corrected chi connectivity index (χ2v) is 24.6. The van der Waals surface area contributed by atoms with Gasteiger partial charge in [0.15, 0.2) is 0 Å². The first-order valence-electron chi connectivity index (χ1n) is 36.6. The summed E-state index contributed by atoms with van der Waals surface area (Å²) < 4.78 is 0. The summed E-state index contributed by atoms with van der Waals surface area (Å²) in [4.78, 5) is 12.6. The number of allylic oxidation sites excluding steroid dienone is 17. The summed E-state index contributed by atoms with van der Waals surface area (Å²) in [5.41, 5.74) is 0. The van der Waals surface area contributed by atoms with Crippen LogP contribution < -0.4 is 5.32 Å². The third-order valence-corrected chi connectivity index (χ3v) is 16.5. The van der Waals surface area contributed by atoms with Gasteiger partial charge in [-0.3, -0.25) is 4.79 Å². The molecule has 0 aliphatic rings. The van der Waals surface area contributed by atoms with Gasteiger partial charge in [0.2, 0.25) is 5.91 Å². The number of unbranched alkanes of at least 4 members (excludes halogenated alkanes) is 44. The van der Waals surface area contributed by atoms with Gasteiger partial charge in [-0.25, -0.2) is 0 Å². The zero-order chi connectivity index (χ0) is 59.8. The fourth-order valence-electron chi connectivity index (χ4n) is 11.0. The summed E-state index contributed by atoms with van der Waals surface area (Å²) in [7, 11) is 0. The third-order valence-electron chi connectivity index (χ3n) is 16.5. The summed E-state index contributed by atoms with van der Waals surface area (Å²) in [6, 6.07) is -0.629. The van der Waals surface area contributed by atoms with Gasteiger partial charge in [0.25, 0.3) is 0 Å². The van der Waals surface area contributed by atoms with Crippen LogP contribution in [0.2, 0.25) is 0 Å². The van der Waals surface area contributed by atoms with E-state index in [0.717, 1.165) is 77.0 Å². The molecule has 0 saturated heterocycles. The molecule has 0 fully saturated rings. The fourth-order valence-corrected chi connectivity index (χ4v) is 11.0. The average molecular weight is 1150 g/mol. The lowest BCUT2D eigenvalue weighted by Crippen LogP contribution is -2.45. The van der Waals surface area contributed by atoms with E-state index in [1.165, 1.54) is 270 Å². The molecule has 4 heteroatoms. The zero-order valence-corrected chi connectivity index (χ0v) is 55.4. The largest absolute Gasteiger partial charge is 0.394 e. The Bertz CT molecular complexity index is 1540. The number of rotatable bonds is 67. The predicted octanol–water partition coefficient (Wildman–Crippen LogP) is 25.3. The molecule has 83 heavy (non-hydrogen) atoms. The van der Waals surface area contributed by atoms with Crippen molar-refractivity contribution in [3.8, 4) is 0 Å². The predicted molar refractivity (Wildman–Crippen MR) is 373 cm³/mol. The number of aliphatic hydroxyl groups excluding tert-OH is 2. The topological polar surface area (TPSA) is 69.6 Å². The Balaban J connectivity index is 3.48. The van der Waals surface area contributed by atoms with Crippen molar-refractivity contribution in [3.63, 3.8) is 0 Å². The first-order valence-corrected chi connectivity index (χ1v) is 36.6. The highest BCUT2D eigenvalue weighted by molar-refractivity contribution is 5.76. The van der Waals surface area contributed by atoms with Crippen molar-refractivity contribution < 1.29 is 15.0 Å². The summed E-state index contributed by atoms with van der Waals surface area (Å²) in [6.07, 6.45) is 110. The molecule has 2 unspecified atom stereocenters. The Kier molecular flexibility index (Phi) is 70.7. The quantitative estimate of drug-likeness (QED) is 0.0420. The molecule has 4 nitrogen and oxygen atoms in total. The highest BCUT2D eigenvalue weighted by Gasteiger charge is 2.18. The molecule has 3 N–H and O–H groups in total. The lowest BCUT2D eigenvalue weighted by atomic mass is 10.0. The van der Waals surface area contributed by atoms with E-state index in [9.17, 15) is 15.0 Å². The van der Waals surface area contributed by atoms with Gasteiger partial charge in [0.05, 0.1) is 18.8 Å². The van der Waals surface area contributed by atoms with E-state index >= 15 is 0 Å². The molecule has 0 aliphatic carbocycles. The first kappa shape index (κ1) is 80.0. The van der Waals surface area contributed by atoms with Crippen LogP contribution in [0.25, 0.3) is 0 Å². The molecule has 0 aliphatic heterocycles. The van der Waals surface area contributed by atoms with Crippen molar-refractivity contribution in [1.82, 2.24) is 5.32 Å². The average Bonchev–Trinajstić information content (AvgIpc) is 3.51. The van der Waals surface area contributed by atoms with Crippen molar-refractivity contribution in [1.29, 1.82) is 0 Å². The van der Waals surface area contributed by atoms with Gasteiger partial charge in [-0.05, 0) is 83.5 Å². The molecule has 0 aromatic heterocycles. The molecule has 0 aromatic rings. The Morgan fingerprint density at radius 1 is 0.301 bits per heavy atom. The van der Waals surface area contributed by atoms with Crippen LogP contribution in [0.4, 0.5) is 0 Å². The molecule has 1 amide bonds. The Morgan fingerprint density at radius 3 is 0.795 bits per heavy atom. The molecular weight excluding hydrogens is 1010 g/mol. The molecule has 0 radical (unpaired) electrons. The van der Waals surface area contributed by atoms with Crippen LogP contribution >= 0.6 is 0 Å². The number of amides is 1. The van der Waals surface area contributed by atoms with Crippen LogP contribution in [0.3, 0.4) is 0 Å². The van der Waals surface area contributed by atoms with E-state index < -0.39 is 12.1 Å². The van der Waals surface area contributed by atoms with Gasteiger partial charge in [-0.2, -0.15) is 0 Å². The highest BCUT2D eigenvalue weighted by atomic mass is 16.3. The number of nitrogens with one attached hydrogen (secondary N) is 1. The van der Waals surface area contributed by atoms with Crippen LogP contribution in [0, 0.1) is 0 Å². The summed E-state index contributed by atoms with van der Waals surface area (Å²) >= 11 is 0.